The Bertz CT molecular complexity index is 1100. The summed E-state index contributed by atoms with van der Waals surface area (Å²) in [5.74, 6) is -5.46. The molecule has 0 aromatic heterocycles. The van der Waals surface area contributed by atoms with Crippen molar-refractivity contribution in [3.8, 4) is 0 Å². The van der Waals surface area contributed by atoms with Crippen LogP contribution in [0.15, 0.2) is 42.5 Å². The molecular formula is C26H28F4N2O4. The third-order valence-corrected chi connectivity index (χ3v) is 6.97. The second kappa shape index (κ2) is 10.5. The number of amides is 1. The lowest BCUT2D eigenvalue weighted by atomic mass is 9.67. The second-order valence-corrected chi connectivity index (χ2v) is 9.50. The third kappa shape index (κ3) is 5.98. The van der Waals surface area contributed by atoms with Gasteiger partial charge in [-0.3, -0.25) is 9.59 Å². The molecule has 1 amide bonds. The molecule has 3 N–H and O–H groups in total. The summed E-state index contributed by atoms with van der Waals surface area (Å²) in [6, 6.07) is 9.05. The number of anilines is 2. The zero-order valence-electron chi connectivity index (χ0n) is 19.6. The van der Waals surface area contributed by atoms with Crippen molar-refractivity contribution >= 4 is 23.3 Å². The molecule has 194 valence electrons. The number of carbonyl (C=O) groups is 2. The molecule has 0 aliphatic heterocycles. The molecule has 0 radical (unpaired) electrons. The van der Waals surface area contributed by atoms with E-state index in [4.69, 9.17) is 4.74 Å². The van der Waals surface area contributed by atoms with E-state index >= 15 is 0 Å². The summed E-state index contributed by atoms with van der Waals surface area (Å²) < 4.78 is 59.1. The van der Waals surface area contributed by atoms with Crippen LogP contribution in [-0.4, -0.2) is 36.7 Å². The Labute approximate surface area is 206 Å². The predicted octanol–water partition coefficient (Wildman–Crippen LogP) is 5.51. The van der Waals surface area contributed by atoms with Crippen LogP contribution in [0.2, 0.25) is 0 Å². The van der Waals surface area contributed by atoms with Gasteiger partial charge in [0.15, 0.2) is 0 Å². The summed E-state index contributed by atoms with van der Waals surface area (Å²) >= 11 is 0. The fraction of sp³-hybridized carbons (Fsp3) is 0.462. The van der Waals surface area contributed by atoms with E-state index in [9.17, 15) is 32.3 Å². The first-order valence-electron chi connectivity index (χ1n) is 11.9. The molecule has 0 heterocycles. The first-order chi connectivity index (χ1) is 17.1. The van der Waals surface area contributed by atoms with E-state index in [1.165, 1.54) is 0 Å². The van der Waals surface area contributed by atoms with Gasteiger partial charge in [-0.25, -0.2) is 4.39 Å². The van der Waals surface area contributed by atoms with Gasteiger partial charge in [0.05, 0.1) is 29.2 Å². The Morgan fingerprint density at radius 1 is 1.08 bits per heavy atom. The first-order valence-corrected chi connectivity index (χ1v) is 11.9. The molecule has 0 unspecified atom stereocenters. The minimum atomic E-state index is -4.73. The van der Waals surface area contributed by atoms with Crippen LogP contribution < -0.4 is 10.6 Å². The fourth-order valence-electron chi connectivity index (χ4n) is 4.80. The number of benzene rings is 2. The van der Waals surface area contributed by atoms with E-state index in [1.54, 1.807) is 19.2 Å². The molecule has 10 heteroatoms. The summed E-state index contributed by atoms with van der Waals surface area (Å²) in [6.45, 7) is 0.524. The van der Waals surface area contributed by atoms with Gasteiger partial charge in [-0.2, -0.15) is 13.2 Å². The molecule has 2 aromatic carbocycles. The lowest BCUT2D eigenvalue weighted by molar-refractivity contribution is -0.151. The molecule has 4 atom stereocenters. The highest BCUT2D eigenvalue weighted by atomic mass is 19.4. The zero-order valence-corrected chi connectivity index (χ0v) is 19.6. The first kappa shape index (κ1) is 25.9. The van der Waals surface area contributed by atoms with Gasteiger partial charge in [0.2, 0.25) is 5.91 Å². The molecule has 0 bridgehead atoms. The second-order valence-electron chi connectivity index (χ2n) is 9.50. The predicted molar refractivity (Wildman–Crippen MR) is 125 cm³/mol. The largest absolute Gasteiger partial charge is 0.481 e. The number of nitrogens with one attached hydrogen (secondary N) is 2. The van der Waals surface area contributed by atoms with Crippen molar-refractivity contribution in [2.24, 2.45) is 17.8 Å². The van der Waals surface area contributed by atoms with E-state index in [1.807, 2.05) is 12.1 Å². The molecule has 6 nitrogen and oxygen atoms in total. The maximum absolute atomic E-state index is 14.4. The lowest BCUT2D eigenvalue weighted by Gasteiger charge is -2.39. The number of ether oxygens (including phenoxy) is 1. The molecule has 2 saturated carbocycles. The highest BCUT2D eigenvalue weighted by Gasteiger charge is 2.47. The van der Waals surface area contributed by atoms with Crippen LogP contribution in [0.3, 0.4) is 0 Å². The molecule has 2 aliphatic rings. The van der Waals surface area contributed by atoms with Crippen LogP contribution in [0.25, 0.3) is 0 Å². The summed E-state index contributed by atoms with van der Waals surface area (Å²) in [5, 5.41) is 15.4. The SMILES string of the molecule is CNc1ccc([C@H]2C[C@@H](OCC3CC3)C[C@@H](C(=O)Nc3ccc(C(F)(F)F)cc3F)[C@@H]2C(=O)O)cc1. The number of halogens is 4. The average molecular weight is 509 g/mol. The van der Waals surface area contributed by atoms with Gasteiger partial charge < -0.3 is 20.5 Å². The molecular weight excluding hydrogens is 480 g/mol. The number of rotatable bonds is 8. The average Bonchev–Trinajstić information content (AvgIpc) is 3.67. The van der Waals surface area contributed by atoms with Gasteiger partial charge >= 0.3 is 12.1 Å². The van der Waals surface area contributed by atoms with Crippen molar-refractivity contribution in [3.05, 3.63) is 59.4 Å². The van der Waals surface area contributed by atoms with E-state index in [0.29, 0.717) is 31.1 Å². The van der Waals surface area contributed by atoms with E-state index in [2.05, 4.69) is 10.6 Å². The highest BCUT2D eigenvalue weighted by Crippen LogP contribution is 2.44. The minimum Gasteiger partial charge on any atom is -0.481 e. The fourth-order valence-corrected chi connectivity index (χ4v) is 4.80. The van der Waals surface area contributed by atoms with Crippen LogP contribution in [0.4, 0.5) is 28.9 Å². The maximum atomic E-state index is 14.4. The normalized spacial score (nSPS) is 24.2. The van der Waals surface area contributed by atoms with Gasteiger partial charge in [-0.15, -0.1) is 0 Å². The smallest absolute Gasteiger partial charge is 0.416 e. The number of carboxylic acids is 1. The van der Waals surface area contributed by atoms with Gasteiger partial charge in [0, 0.05) is 25.3 Å². The van der Waals surface area contributed by atoms with Crippen molar-refractivity contribution < 1.29 is 37.0 Å². The molecule has 0 spiro atoms. The Morgan fingerprint density at radius 3 is 2.33 bits per heavy atom. The summed E-state index contributed by atoms with van der Waals surface area (Å²) in [7, 11) is 1.76. The molecule has 2 fully saturated rings. The number of hydrogen-bond acceptors (Lipinski definition) is 4. The topological polar surface area (TPSA) is 87.7 Å². The van der Waals surface area contributed by atoms with E-state index in [-0.39, 0.29) is 12.5 Å². The summed E-state index contributed by atoms with van der Waals surface area (Å²) in [4.78, 5) is 25.7. The van der Waals surface area contributed by atoms with Crippen LogP contribution in [-0.2, 0) is 20.5 Å². The number of aliphatic carboxylic acids is 1. The van der Waals surface area contributed by atoms with Crippen molar-refractivity contribution in [2.45, 2.75) is 43.9 Å². The van der Waals surface area contributed by atoms with Crippen molar-refractivity contribution in [2.75, 3.05) is 24.3 Å². The van der Waals surface area contributed by atoms with Crippen molar-refractivity contribution in [1.82, 2.24) is 0 Å². The Balaban J connectivity index is 1.61. The molecule has 36 heavy (non-hydrogen) atoms. The lowest BCUT2D eigenvalue weighted by Crippen LogP contribution is -2.45. The Kier molecular flexibility index (Phi) is 7.54. The maximum Gasteiger partial charge on any atom is 0.416 e. The molecule has 4 rings (SSSR count). The van der Waals surface area contributed by atoms with Gasteiger partial charge in [0.25, 0.3) is 0 Å². The van der Waals surface area contributed by atoms with Gasteiger partial charge in [-0.05, 0) is 67.5 Å². The Hall–Kier alpha value is -3.14. The monoisotopic (exact) mass is 508 g/mol. The summed E-state index contributed by atoms with van der Waals surface area (Å²) in [5.41, 5.74) is -0.0412. The van der Waals surface area contributed by atoms with Gasteiger partial charge in [0.1, 0.15) is 5.82 Å². The van der Waals surface area contributed by atoms with Crippen molar-refractivity contribution in [1.29, 1.82) is 0 Å². The Morgan fingerprint density at radius 2 is 1.78 bits per heavy atom. The standard InChI is InChI=1S/C26H28F4N2O4/c1-31-17-7-4-15(5-8-17)19-11-18(36-13-14-2-3-14)12-20(23(19)25(34)35)24(33)32-22-9-6-16(10-21(22)27)26(28,29)30/h4-10,14,18-20,23,31H,2-3,11-13H2,1H3,(H,32,33)(H,34,35)/t18-,19-,20-,23-/m1/s1. The van der Waals surface area contributed by atoms with Crippen molar-refractivity contribution in [3.63, 3.8) is 0 Å². The molecule has 0 saturated heterocycles. The van der Waals surface area contributed by atoms with E-state index in [0.717, 1.165) is 30.2 Å². The zero-order chi connectivity index (χ0) is 26.0. The van der Waals surface area contributed by atoms with Crippen LogP contribution in [0, 0.1) is 23.6 Å². The number of carboxylic acid groups (broad SMARTS) is 1. The van der Waals surface area contributed by atoms with Crippen LogP contribution in [0.5, 0.6) is 0 Å². The quantitative estimate of drug-likeness (QED) is 0.409. The summed E-state index contributed by atoms with van der Waals surface area (Å²) in [6.07, 6.45) is -2.47. The van der Waals surface area contributed by atoms with E-state index < -0.39 is 52.9 Å². The third-order valence-electron chi connectivity index (χ3n) is 6.97. The number of alkyl halides is 3. The molecule has 2 aromatic rings. The minimum absolute atomic E-state index is 0.114. The van der Waals surface area contributed by atoms with Crippen LogP contribution >= 0.6 is 0 Å². The number of carbonyl (C=O) groups excluding carboxylic acids is 1. The van der Waals surface area contributed by atoms with Crippen LogP contribution in [0.1, 0.15) is 42.7 Å². The number of hydrogen-bond donors (Lipinski definition) is 3. The highest BCUT2D eigenvalue weighted by molar-refractivity contribution is 5.95. The van der Waals surface area contributed by atoms with Gasteiger partial charge in [-0.1, -0.05) is 12.1 Å². The molecule has 2 aliphatic carbocycles.